The van der Waals surface area contributed by atoms with Gasteiger partial charge in [-0.25, -0.2) is 0 Å². The predicted octanol–water partition coefficient (Wildman–Crippen LogP) is 3.41. The Balaban J connectivity index is 0.000000671. The van der Waals surface area contributed by atoms with Crippen molar-refractivity contribution in [1.29, 1.82) is 0 Å². The molecular formula is C11H20N2. The van der Waals surface area contributed by atoms with Gasteiger partial charge < -0.3 is 0 Å². The third-order valence-corrected chi connectivity index (χ3v) is 2.00. The molecule has 74 valence electrons. The molecule has 0 aliphatic rings. The minimum absolute atomic E-state index is 0.587. The van der Waals surface area contributed by atoms with Gasteiger partial charge in [0.05, 0.1) is 5.69 Å². The van der Waals surface area contributed by atoms with E-state index >= 15 is 0 Å². The summed E-state index contributed by atoms with van der Waals surface area (Å²) >= 11 is 0. The third kappa shape index (κ3) is 4.02. The molecule has 0 spiro atoms. The maximum absolute atomic E-state index is 4.07. The summed E-state index contributed by atoms with van der Waals surface area (Å²) in [5.41, 5.74) is 1.12. The van der Waals surface area contributed by atoms with Gasteiger partial charge in [-0.2, -0.15) is 10.2 Å². The molecule has 1 rings (SSSR count). The monoisotopic (exact) mass is 180 g/mol. The molecule has 13 heavy (non-hydrogen) atoms. The van der Waals surface area contributed by atoms with Crippen LogP contribution in [0.4, 0.5) is 0 Å². The molecule has 0 saturated carbocycles. The number of rotatable bonds is 3. The average molecular weight is 180 g/mol. The fourth-order valence-corrected chi connectivity index (χ4v) is 1.24. The molecule has 0 radical (unpaired) electrons. The van der Waals surface area contributed by atoms with E-state index in [1.165, 1.54) is 0 Å². The molecule has 0 atom stereocenters. The quantitative estimate of drug-likeness (QED) is 0.712. The largest absolute Gasteiger partial charge is 0.159 e. The van der Waals surface area contributed by atoms with Crippen molar-refractivity contribution in [3.8, 4) is 0 Å². The zero-order valence-corrected chi connectivity index (χ0v) is 9.12. The zero-order valence-electron chi connectivity index (χ0n) is 9.12. The topological polar surface area (TPSA) is 25.8 Å². The fraction of sp³-hybridized carbons (Fsp3) is 0.636. The highest BCUT2D eigenvalue weighted by molar-refractivity contribution is 5.05. The molecule has 0 saturated heterocycles. The molecule has 0 fully saturated rings. The minimum Gasteiger partial charge on any atom is -0.159 e. The van der Waals surface area contributed by atoms with Crippen molar-refractivity contribution < 1.29 is 0 Å². The van der Waals surface area contributed by atoms with Gasteiger partial charge in [-0.05, 0) is 25.0 Å². The second-order valence-corrected chi connectivity index (χ2v) is 2.66. The lowest BCUT2D eigenvalue weighted by atomic mass is 9.99. The van der Waals surface area contributed by atoms with Gasteiger partial charge >= 0.3 is 0 Å². The molecule has 1 heterocycles. The van der Waals surface area contributed by atoms with Crippen LogP contribution in [-0.2, 0) is 0 Å². The lowest BCUT2D eigenvalue weighted by Gasteiger charge is -2.08. The van der Waals surface area contributed by atoms with Crippen molar-refractivity contribution in [1.82, 2.24) is 10.2 Å². The van der Waals surface area contributed by atoms with Crippen LogP contribution < -0.4 is 0 Å². The Bertz CT molecular complexity index is 193. The molecule has 0 amide bonds. The Labute approximate surface area is 81.4 Å². The van der Waals surface area contributed by atoms with Crippen molar-refractivity contribution in [3.63, 3.8) is 0 Å². The van der Waals surface area contributed by atoms with Gasteiger partial charge in [-0.1, -0.05) is 27.7 Å². The second kappa shape index (κ2) is 7.71. The van der Waals surface area contributed by atoms with E-state index in [1.807, 2.05) is 26.0 Å². The van der Waals surface area contributed by atoms with Crippen molar-refractivity contribution in [2.75, 3.05) is 0 Å². The third-order valence-electron chi connectivity index (χ3n) is 2.00. The summed E-state index contributed by atoms with van der Waals surface area (Å²) in [6.45, 7) is 8.37. The zero-order chi connectivity index (χ0) is 10.1. The normalized spacial score (nSPS) is 9.31. The van der Waals surface area contributed by atoms with Crippen LogP contribution in [0.5, 0.6) is 0 Å². The summed E-state index contributed by atoms with van der Waals surface area (Å²) in [5, 5.41) is 7.92. The van der Waals surface area contributed by atoms with Crippen LogP contribution in [0.25, 0.3) is 0 Å². The molecule has 1 aromatic heterocycles. The number of hydrogen-bond donors (Lipinski definition) is 0. The van der Waals surface area contributed by atoms with Gasteiger partial charge in [-0.3, -0.25) is 0 Å². The van der Waals surface area contributed by atoms with E-state index < -0.39 is 0 Å². The summed E-state index contributed by atoms with van der Waals surface area (Å²) in [7, 11) is 0. The Kier molecular flexibility index (Phi) is 7.17. The maximum Gasteiger partial charge on any atom is 0.0661 e. The molecule has 2 nitrogen and oxygen atoms in total. The molecule has 0 aliphatic heterocycles. The lowest BCUT2D eigenvalue weighted by molar-refractivity contribution is 0.613. The van der Waals surface area contributed by atoms with Crippen molar-refractivity contribution >= 4 is 0 Å². The summed E-state index contributed by atoms with van der Waals surface area (Å²) in [6, 6.07) is 3.99. The number of nitrogens with zero attached hydrogens (tertiary/aromatic N) is 2. The molecule has 2 heteroatoms. The van der Waals surface area contributed by atoms with Gasteiger partial charge in [0.1, 0.15) is 0 Å². The van der Waals surface area contributed by atoms with E-state index in [1.54, 1.807) is 6.20 Å². The molecule has 1 aromatic rings. The highest BCUT2D eigenvalue weighted by atomic mass is 15.1. The molecule has 0 aliphatic carbocycles. The first kappa shape index (κ1) is 12.1. The first-order valence-corrected chi connectivity index (χ1v) is 5.16. The minimum atomic E-state index is 0.587. The van der Waals surface area contributed by atoms with Crippen LogP contribution in [-0.4, -0.2) is 10.2 Å². The predicted molar refractivity (Wildman–Crippen MR) is 56.7 cm³/mol. The van der Waals surface area contributed by atoms with Gasteiger partial charge in [0, 0.05) is 12.1 Å². The van der Waals surface area contributed by atoms with E-state index in [9.17, 15) is 0 Å². The standard InChI is InChI=1S/C9H14N2.C2H6/c1-3-8(4-2)9-6-5-7-10-11-9;1-2/h5-8H,3-4H2,1-2H3;1-2H3. The highest BCUT2D eigenvalue weighted by Gasteiger charge is 2.06. The Hall–Kier alpha value is -0.920. The second-order valence-electron chi connectivity index (χ2n) is 2.66. The SMILES string of the molecule is CC.CCC(CC)c1cccnn1. The first-order valence-electron chi connectivity index (χ1n) is 5.16. The Morgan fingerprint density at radius 2 is 1.85 bits per heavy atom. The van der Waals surface area contributed by atoms with E-state index in [-0.39, 0.29) is 0 Å². The van der Waals surface area contributed by atoms with Crippen LogP contribution in [0, 0.1) is 0 Å². The van der Waals surface area contributed by atoms with Crippen molar-refractivity contribution in [2.24, 2.45) is 0 Å². The summed E-state index contributed by atoms with van der Waals surface area (Å²) < 4.78 is 0. The summed E-state index contributed by atoms with van der Waals surface area (Å²) in [5.74, 6) is 0.587. The lowest BCUT2D eigenvalue weighted by Crippen LogP contribution is -1.99. The summed E-state index contributed by atoms with van der Waals surface area (Å²) in [4.78, 5) is 0. The summed E-state index contributed by atoms with van der Waals surface area (Å²) in [6.07, 6.45) is 4.01. The van der Waals surface area contributed by atoms with Crippen molar-refractivity contribution in [2.45, 2.75) is 46.5 Å². The Morgan fingerprint density at radius 3 is 2.23 bits per heavy atom. The van der Waals surface area contributed by atoms with Gasteiger partial charge in [0.15, 0.2) is 0 Å². The van der Waals surface area contributed by atoms with E-state index in [0.29, 0.717) is 5.92 Å². The van der Waals surface area contributed by atoms with E-state index in [2.05, 4.69) is 24.0 Å². The molecule has 0 aromatic carbocycles. The number of hydrogen-bond acceptors (Lipinski definition) is 2. The van der Waals surface area contributed by atoms with Gasteiger partial charge in [0.2, 0.25) is 0 Å². The van der Waals surface area contributed by atoms with Crippen LogP contribution in [0.3, 0.4) is 0 Å². The smallest absolute Gasteiger partial charge is 0.0661 e. The van der Waals surface area contributed by atoms with E-state index in [0.717, 1.165) is 18.5 Å². The van der Waals surface area contributed by atoms with Gasteiger partial charge in [0.25, 0.3) is 0 Å². The van der Waals surface area contributed by atoms with Crippen LogP contribution in [0.2, 0.25) is 0 Å². The van der Waals surface area contributed by atoms with Crippen LogP contribution >= 0.6 is 0 Å². The highest BCUT2D eigenvalue weighted by Crippen LogP contribution is 2.19. The van der Waals surface area contributed by atoms with Gasteiger partial charge in [-0.15, -0.1) is 0 Å². The van der Waals surface area contributed by atoms with Crippen LogP contribution in [0.15, 0.2) is 18.3 Å². The fourth-order valence-electron chi connectivity index (χ4n) is 1.24. The number of aromatic nitrogens is 2. The average Bonchev–Trinajstić information content (AvgIpc) is 2.24. The van der Waals surface area contributed by atoms with E-state index in [4.69, 9.17) is 0 Å². The molecular weight excluding hydrogens is 160 g/mol. The maximum atomic E-state index is 4.07. The Morgan fingerprint density at radius 1 is 1.23 bits per heavy atom. The van der Waals surface area contributed by atoms with Crippen LogP contribution in [0.1, 0.15) is 52.1 Å². The van der Waals surface area contributed by atoms with Crippen molar-refractivity contribution in [3.05, 3.63) is 24.0 Å². The first-order chi connectivity index (χ1) is 6.38. The molecule has 0 bridgehead atoms. The molecule has 0 unspecified atom stereocenters. The molecule has 0 N–H and O–H groups in total.